The van der Waals surface area contributed by atoms with Gasteiger partial charge in [-0.1, -0.05) is 0 Å². The number of nitrogen functional groups attached to an aromatic ring is 1. The predicted molar refractivity (Wildman–Crippen MR) is 63.4 cm³/mol. The van der Waals surface area contributed by atoms with Crippen LogP contribution in [0.3, 0.4) is 0 Å². The summed E-state index contributed by atoms with van der Waals surface area (Å²) >= 11 is 0. The number of methoxy groups -OCH3 is 2. The average molecular weight is 239 g/mol. The lowest BCUT2D eigenvalue weighted by atomic mass is 10.2. The van der Waals surface area contributed by atoms with Gasteiger partial charge in [0.25, 0.3) is 5.91 Å². The van der Waals surface area contributed by atoms with Gasteiger partial charge in [-0.2, -0.15) is 0 Å². The van der Waals surface area contributed by atoms with Crippen LogP contribution in [0.5, 0.6) is 0 Å². The van der Waals surface area contributed by atoms with Crippen molar-refractivity contribution in [2.24, 2.45) is 0 Å². The minimum atomic E-state index is -0.493. The van der Waals surface area contributed by atoms with Crippen LogP contribution in [0.1, 0.15) is 17.4 Å². The fraction of sp³-hybridized carbons (Fsp3) is 0.455. The van der Waals surface area contributed by atoms with E-state index in [0.29, 0.717) is 11.4 Å². The molecule has 1 aromatic rings. The second-order valence-electron chi connectivity index (χ2n) is 3.58. The Hall–Kier alpha value is -1.66. The summed E-state index contributed by atoms with van der Waals surface area (Å²) in [4.78, 5) is 15.7. The maximum absolute atomic E-state index is 11.8. The Labute approximate surface area is 100 Å². The molecule has 6 nitrogen and oxygen atoms in total. The number of anilines is 1. The molecule has 0 aliphatic carbocycles. The van der Waals surface area contributed by atoms with E-state index >= 15 is 0 Å². The Bertz CT molecular complexity index is 363. The molecule has 1 atom stereocenters. The number of nitrogens with two attached hydrogens (primary N) is 1. The number of hydrogen-bond donors (Lipinski definition) is 2. The highest BCUT2D eigenvalue weighted by atomic mass is 16.7. The number of amides is 1. The van der Waals surface area contributed by atoms with E-state index in [1.807, 2.05) is 0 Å². The van der Waals surface area contributed by atoms with Gasteiger partial charge in [-0.05, 0) is 19.1 Å². The Morgan fingerprint density at radius 3 is 2.53 bits per heavy atom. The van der Waals surface area contributed by atoms with E-state index in [1.54, 1.807) is 19.1 Å². The highest BCUT2D eigenvalue weighted by molar-refractivity contribution is 5.92. The first-order valence-corrected chi connectivity index (χ1v) is 5.16. The van der Waals surface area contributed by atoms with Crippen LogP contribution >= 0.6 is 0 Å². The van der Waals surface area contributed by atoms with Gasteiger partial charge in [0, 0.05) is 14.2 Å². The summed E-state index contributed by atoms with van der Waals surface area (Å²) in [6, 6.07) is 2.90. The van der Waals surface area contributed by atoms with Crippen LogP contribution in [0.2, 0.25) is 0 Å². The molecule has 0 saturated carbocycles. The van der Waals surface area contributed by atoms with Gasteiger partial charge in [0.1, 0.15) is 5.69 Å². The number of hydrogen-bond acceptors (Lipinski definition) is 5. The molecule has 1 unspecified atom stereocenters. The third-order valence-electron chi connectivity index (χ3n) is 2.25. The molecule has 0 aliphatic heterocycles. The maximum atomic E-state index is 11.8. The summed E-state index contributed by atoms with van der Waals surface area (Å²) in [5.74, 6) is -0.295. The van der Waals surface area contributed by atoms with Crippen molar-refractivity contribution in [2.45, 2.75) is 19.3 Å². The SMILES string of the molecule is COC(OC)C(C)NC(=O)c1ccc(N)cn1. The fourth-order valence-corrected chi connectivity index (χ4v) is 1.39. The molecule has 0 radical (unpaired) electrons. The summed E-state index contributed by atoms with van der Waals surface area (Å²) < 4.78 is 10.1. The fourth-order valence-electron chi connectivity index (χ4n) is 1.39. The van der Waals surface area contributed by atoms with E-state index in [2.05, 4.69) is 10.3 Å². The molecule has 0 bridgehead atoms. The first-order valence-electron chi connectivity index (χ1n) is 5.16. The van der Waals surface area contributed by atoms with Crippen molar-refractivity contribution in [3.05, 3.63) is 24.0 Å². The van der Waals surface area contributed by atoms with Crippen molar-refractivity contribution in [1.82, 2.24) is 10.3 Å². The molecule has 94 valence electrons. The standard InChI is InChI=1S/C11H17N3O3/c1-7(11(16-2)17-3)14-10(15)9-5-4-8(12)6-13-9/h4-7,11H,12H2,1-3H3,(H,14,15). The van der Waals surface area contributed by atoms with Crippen molar-refractivity contribution < 1.29 is 14.3 Å². The number of carbonyl (C=O) groups excluding carboxylic acids is 1. The van der Waals surface area contributed by atoms with Gasteiger partial charge in [-0.3, -0.25) is 4.79 Å². The number of aromatic nitrogens is 1. The molecule has 1 heterocycles. The Kier molecular flexibility index (Phi) is 4.86. The molecule has 1 amide bonds. The molecule has 6 heteroatoms. The van der Waals surface area contributed by atoms with Crippen molar-refractivity contribution in [1.29, 1.82) is 0 Å². The number of pyridine rings is 1. The molecule has 1 aromatic heterocycles. The minimum Gasteiger partial charge on any atom is -0.397 e. The second-order valence-corrected chi connectivity index (χ2v) is 3.58. The Morgan fingerprint density at radius 1 is 1.41 bits per heavy atom. The van der Waals surface area contributed by atoms with Crippen LogP contribution in [0.25, 0.3) is 0 Å². The lowest BCUT2D eigenvalue weighted by Gasteiger charge is -2.21. The maximum Gasteiger partial charge on any atom is 0.270 e. The van der Waals surface area contributed by atoms with E-state index in [1.165, 1.54) is 20.4 Å². The van der Waals surface area contributed by atoms with Crippen molar-refractivity contribution in [3.8, 4) is 0 Å². The van der Waals surface area contributed by atoms with Gasteiger partial charge >= 0.3 is 0 Å². The van der Waals surface area contributed by atoms with E-state index < -0.39 is 6.29 Å². The van der Waals surface area contributed by atoms with Crippen LogP contribution in [-0.4, -0.2) is 37.4 Å². The summed E-state index contributed by atoms with van der Waals surface area (Å²) in [6.07, 6.45) is 0.941. The van der Waals surface area contributed by atoms with Crippen LogP contribution in [0.4, 0.5) is 5.69 Å². The van der Waals surface area contributed by atoms with E-state index in [-0.39, 0.29) is 11.9 Å². The Balaban J connectivity index is 2.62. The number of nitrogens with one attached hydrogen (secondary N) is 1. The first-order chi connectivity index (χ1) is 8.08. The Morgan fingerprint density at radius 2 is 2.06 bits per heavy atom. The quantitative estimate of drug-likeness (QED) is 0.726. The predicted octanol–water partition coefficient (Wildman–Crippen LogP) is 0.401. The minimum absolute atomic E-state index is 0.281. The van der Waals surface area contributed by atoms with Gasteiger partial charge < -0.3 is 20.5 Å². The smallest absolute Gasteiger partial charge is 0.270 e. The van der Waals surface area contributed by atoms with Gasteiger partial charge in [-0.15, -0.1) is 0 Å². The first kappa shape index (κ1) is 13.4. The highest BCUT2D eigenvalue weighted by Gasteiger charge is 2.19. The lowest BCUT2D eigenvalue weighted by Crippen LogP contribution is -2.43. The molecular formula is C11H17N3O3. The molecule has 1 rings (SSSR count). The van der Waals surface area contributed by atoms with Gasteiger partial charge in [0.15, 0.2) is 6.29 Å². The summed E-state index contributed by atoms with van der Waals surface area (Å²) in [5, 5.41) is 2.73. The number of nitrogens with zero attached hydrogens (tertiary/aromatic N) is 1. The number of rotatable bonds is 5. The number of carbonyl (C=O) groups is 1. The molecule has 3 N–H and O–H groups in total. The zero-order valence-electron chi connectivity index (χ0n) is 10.1. The summed E-state index contributed by atoms with van der Waals surface area (Å²) in [5.41, 5.74) is 6.30. The molecule has 0 aromatic carbocycles. The monoisotopic (exact) mass is 239 g/mol. The molecule has 0 aliphatic rings. The average Bonchev–Trinajstić information content (AvgIpc) is 2.31. The van der Waals surface area contributed by atoms with Crippen molar-refractivity contribution in [2.75, 3.05) is 20.0 Å². The lowest BCUT2D eigenvalue weighted by molar-refractivity contribution is -0.117. The second kappa shape index (κ2) is 6.17. The van der Waals surface area contributed by atoms with Gasteiger partial charge in [0.05, 0.1) is 17.9 Å². The van der Waals surface area contributed by atoms with Crippen molar-refractivity contribution in [3.63, 3.8) is 0 Å². The van der Waals surface area contributed by atoms with E-state index in [0.717, 1.165) is 0 Å². The van der Waals surface area contributed by atoms with E-state index in [9.17, 15) is 4.79 Å². The van der Waals surface area contributed by atoms with Crippen LogP contribution in [0.15, 0.2) is 18.3 Å². The van der Waals surface area contributed by atoms with Crippen molar-refractivity contribution >= 4 is 11.6 Å². The molecule has 17 heavy (non-hydrogen) atoms. The highest BCUT2D eigenvalue weighted by Crippen LogP contribution is 2.03. The topological polar surface area (TPSA) is 86.5 Å². The van der Waals surface area contributed by atoms with Gasteiger partial charge in [-0.25, -0.2) is 4.98 Å². The summed E-state index contributed by atoms with van der Waals surface area (Å²) in [7, 11) is 3.02. The number of ether oxygens (including phenoxy) is 2. The third-order valence-corrected chi connectivity index (χ3v) is 2.25. The molecule has 0 saturated heterocycles. The largest absolute Gasteiger partial charge is 0.397 e. The molecule has 0 spiro atoms. The van der Waals surface area contributed by atoms with Crippen LogP contribution in [-0.2, 0) is 9.47 Å². The third kappa shape index (κ3) is 3.69. The summed E-state index contributed by atoms with van der Waals surface area (Å²) in [6.45, 7) is 1.78. The molecule has 0 fully saturated rings. The molecular weight excluding hydrogens is 222 g/mol. The zero-order valence-corrected chi connectivity index (χ0v) is 10.1. The van der Waals surface area contributed by atoms with E-state index in [4.69, 9.17) is 15.2 Å². The van der Waals surface area contributed by atoms with Crippen LogP contribution < -0.4 is 11.1 Å². The zero-order chi connectivity index (χ0) is 12.8. The van der Waals surface area contributed by atoms with Crippen LogP contribution in [0, 0.1) is 0 Å². The van der Waals surface area contributed by atoms with Gasteiger partial charge in [0.2, 0.25) is 0 Å². The normalized spacial score (nSPS) is 12.5.